The van der Waals surface area contributed by atoms with Crippen LogP contribution in [0, 0.1) is 10.1 Å². The molecule has 29 heavy (non-hydrogen) atoms. The van der Waals surface area contributed by atoms with Crippen LogP contribution in [0.1, 0.15) is 11.1 Å². The summed E-state index contributed by atoms with van der Waals surface area (Å²) in [6.45, 7) is -0.323. The molecule has 1 aliphatic rings. The second-order valence-electron chi connectivity index (χ2n) is 5.92. The van der Waals surface area contributed by atoms with Crippen molar-refractivity contribution in [2.45, 2.75) is 6.61 Å². The maximum absolute atomic E-state index is 12.2. The summed E-state index contributed by atoms with van der Waals surface area (Å²) in [6.07, 6.45) is 1.62. The molecule has 0 spiro atoms. The number of carboxylic acid groups (broad SMARTS) is 1. The minimum absolute atomic E-state index is 0.0168. The third-order valence-electron chi connectivity index (χ3n) is 3.89. The quantitative estimate of drug-likeness (QED) is 0.285. The predicted octanol–water partition coefficient (Wildman–Crippen LogP) is 2.12. The Balaban J connectivity index is 1.62. The predicted molar refractivity (Wildman–Crippen MR) is 109 cm³/mol. The van der Waals surface area contributed by atoms with E-state index < -0.39 is 23.3 Å². The average molecular weight is 429 g/mol. The first-order valence-corrected chi connectivity index (χ1v) is 9.47. The van der Waals surface area contributed by atoms with E-state index in [0.717, 1.165) is 27.8 Å². The van der Waals surface area contributed by atoms with E-state index in [1.807, 2.05) is 0 Å². The zero-order valence-corrected chi connectivity index (χ0v) is 16.4. The molecule has 10 heteroatoms. The number of nitro groups is 1. The Morgan fingerprint density at radius 2 is 1.83 bits per heavy atom. The fourth-order valence-electron chi connectivity index (χ4n) is 2.46. The zero-order valence-electron chi connectivity index (χ0n) is 14.8. The number of carbonyl (C=O) groups excluding carboxylic acids is 2. The number of benzene rings is 2. The fourth-order valence-corrected chi connectivity index (χ4v) is 3.71. The maximum atomic E-state index is 12.2. The molecule has 0 unspecified atom stereocenters. The highest BCUT2D eigenvalue weighted by Gasteiger charge is 2.31. The van der Waals surface area contributed by atoms with Gasteiger partial charge in [0.1, 0.15) is 16.7 Å². The molecule has 0 aromatic heterocycles. The molecule has 0 aliphatic carbocycles. The van der Waals surface area contributed by atoms with Crippen LogP contribution in [0.2, 0.25) is 0 Å². The summed E-state index contributed by atoms with van der Waals surface area (Å²) < 4.78 is 5.83. The summed E-state index contributed by atoms with van der Waals surface area (Å²) in [4.78, 5) is 34.5. The van der Waals surface area contributed by atoms with E-state index in [0.29, 0.717) is 10.7 Å². The van der Waals surface area contributed by atoms with E-state index >= 15 is 0 Å². The van der Waals surface area contributed by atoms with E-state index in [2.05, 4.69) is 0 Å². The van der Waals surface area contributed by atoms with Crippen molar-refractivity contribution in [2.24, 2.45) is 0 Å². The number of nitro benzene ring substituents is 1. The lowest BCUT2D eigenvalue weighted by Gasteiger charge is -2.14. The van der Waals surface area contributed by atoms with Gasteiger partial charge < -0.3 is 14.6 Å². The molecule has 0 atom stereocenters. The average Bonchev–Trinajstić information content (AvgIpc) is 2.95. The van der Waals surface area contributed by atoms with Crippen molar-refractivity contribution in [2.75, 3.05) is 6.54 Å². The normalized spacial score (nSPS) is 15.0. The first kappa shape index (κ1) is 20.5. The Kier molecular flexibility index (Phi) is 6.25. The lowest BCUT2D eigenvalue weighted by molar-refractivity contribution is -0.384. The number of amides is 1. The van der Waals surface area contributed by atoms with Crippen LogP contribution in [-0.2, 0) is 16.2 Å². The van der Waals surface area contributed by atoms with Crippen molar-refractivity contribution in [3.05, 3.63) is 74.7 Å². The molecule has 148 valence electrons. The second-order valence-corrected chi connectivity index (χ2v) is 7.60. The summed E-state index contributed by atoms with van der Waals surface area (Å²) in [5, 5.41) is 21.4. The smallest absolute Gasteiger partial charge is 0.269 e. The molecule has 1 fully saturated rings. The second kappa shape index (κ2) is 8.84. The largest absolute Gasteiger partial charge is 0.548 e. The van der Waals surface area contributed by atoms with Crippen LogP contribution in [0.15, 0.2) is 53.4 Å². The number of hydrogen-bond acceptors (Lipinski definition) is 8. The van der Waals surface area contributed by atoms with Crippen LogP contribution < -0.4 is 9.84 Å². The molecule has 0 bridgehead atoms. The number of nitrogens with zero attached hydrogens (tertiary/aromatic N) is 2. The Bertz CT molecular complexity index is 1000. The third kappa shape index (κ3) is 5.18. The van der Waals surface area contributed by atoms with Crippen LogP contribution >= 0.6 is 24.0 Å². The van der Waals surface area contributed by atoms with Crippen molar-refractivity contribution >= 4 is 51.9 Å². The molecule has 1 amide bonds. The molecule has 3 rings (SSSR count). The number of carboxylic acids is 1. The highest BCUT2D eigenvalue weighted by Crippen LogP contribution is 2.32. The first-order chi connectivity index (χ1) is 13.8. The van der Waals surface area contributed by atoms with Gasteiger partial charge in [-0.25, -0.2) is 0 Å². The topological polar surface area (TPSA) is 113 Å². The van der Waals surface area contributed by atoms with Gasteiger partial charge in [0.05, 0.1) is 22.3 Å². The van der Waals surface area contributed by atoms with Crippen LogP contribution in [0.5, 0.6) is 5.75 Å². The zero-order chi connectivity index (χ0) is 21.0. The molecule has 8 nitrogen and oxygen atoms in total. The minimum Gasteiger partial charge on any atom is -0.548 e. The SMILES string of the molecule is O=C([O-])CN1C(=O)/C(=C/c2ccc(OCc3ccc([N+](=O)[O-])cc3)cc2)SC1=S. The standard InChI is InChI=1S/C19H14N2O6S2/c22-17(23)10-20-18(24)16(29-19(20)28)9-12-3-7-15(8-4-12)27-11-13-1-5-14(6-2-13)21(25)26/h1-9H,10-11H2,(H,22,23)/p-1/b16-9-. The first-order valence-electron chi connectivity index (χ1n) is 8.25. The van der Waals surface area contributed by atoms with Gasteiger partial charge in [-0.05, 0) is 41.5 Å². The van der Waals surface area contributed by atoms with Crippen LogP contribution in [0.4, 0.5) is 5.69 Å². The number of ether oxygens (including phenoxy) is 1. The molecule has 0 N–H and O–H groups in total. The van der Waals surface area contributed by atoms with Crippen molar-refractivity contribution in [3.8, 4) is 5.75 Å². The van der Waals surface area contributed by atoms with E-state index in [9.17, 15) is 24.8 Å². The summed E-state index contributed by atoms with van der Waals surface area (Å²) in [7, 11) is 0. The van der Waals surface area contributed by atoms with E-state index in [-0.39, 0.29) is 16.6 Å². The molecule has 1 aliphatic heterocycles. The Morgan fingerprint density at radius 3 is 2.41 bits per heavy atom. The number of hydrogen-bond donors (Lipinski definition) is 0. The maximum Gasteiger partial charge on any atom is 0.269 e. The van der Waals surface area contributed by atoms with E-state index in [1.165, 1.54) is 12.1 Å². The molecule has 2 aromatic rings. The number of carbonyl (C=O) groups is 2. The van der Waals surface area contributed by atoms with Gasteiger partial charge in [0, 0.05) is 12.1 Å². The molecular weight excluding hydrogens is 416 g/mol. The van der Waals surface area contributed by atoms with Crippen LogP contribution in [-0.4, -0.2) is 32.6 Å². The highest BCUT2D eigenvalue weighted by atomic mass is 32.2. The van der Waals surface area contributed by atoms with Gasteiger partial charge >= 0.3 is 0 Å². The Hall–Kier alpha value is -3.24. The van der Waals surface area contributed by atoms with Gasteiger partial charge in [-0.3, -0.25) is 19.8 Å². The summed E-state index contributed by atoms with van der Waals surface area (Å²) >= 11 is 6.06. The van der Waals surface area contributed by atoms with E-state index in [1.54, 1.807) is 42.5 Å². The number of thioether (sulfide) groups is 1. The number of thiocarbonyl (C=S) groups is 1. The van der Waals surface area contributed by atoms with E-state index in [4.69, 9.17) is 17.0 Å². The van der Waals surface area contributed by atoms with Crippen molar-refractivity contribution in [3.63, 3.8) is 0 Å². The summed E-state index contributed by atoms with van der Waals surface area (Å²) in [6, 6.07) is 13.0. The lowest BCUT2D eigenvalue weighted by Crippen LogP contribution is -2.40. The van der Waals surface area contributed by atoms with Gasteiger partial charge in [-0.2, -0.15) is 0 Å². The molecular formula is C19H13N2O6S2-. The van der Waals surface area contributed by atoms with Crippen LogP contribution in [0.3, 0.4) is 0 Å². The molecule has 0 saturated carbocycles. The van der Waals surface area contributed by atoms with Gasteiger partial charge in [0.2, 0.25) is 0 Å². The molecule has 0 radical (unpaired) electrons. The fraction of sp³-hybridized carbons (Fsp3) is 0.105. The number of aliphatic carboxylic acids is 1. The van der Waals surface area contributed by atoms with Crippen molar-refractivity contribution < 1.29 is 24.4 Å². The molecule has 2 aromatic carbocycles. The lowest BCUT2D eigenvalue weighted by atomic mass is 10.2. The van der Waals surface area contributed by atoms with Gasteiger partial charge in [0.15, 0.2) is 0 Å². The number of non-ortho nitro benzene ring substituents is 1. The Labute approximate surface area is 174 Å². The van der Waals surface area contributed by atoms with Gasteiger partial charge in [-0.1, -0.05) is 36.1 Å². The highest BCUT2D eigenvalue weighted by molar-refractivity contribution is 8.26. The van der Waals surface area contributed by atoms with Crippen molar-refractivity contribution in [1.82, 2.24) is 4.90 Å². The van der Waals surface area contributed by atoms with Crippen LogP contribution in [0.25, 0.3) is 6.08 Å². The van der Waals surface area contributed by atoms with Gasteiger partial charge in [-0.15, -0.1) is 0 Å². The summed E-state index contributed by atoms with van der Waals surface area (Å²) in [5.41, 5.74) is 1.53. The summed E-state index contributed by atoms with van der Waals surface area (Å²) in [5.74, 6) is -1.26. The minimum atomic E-state index is -1.38. The third-order valence-corrected chi connectivity index (χ3v) is 5.27. The Morgan fingerprint density at radius 1 is 1.17 bits per heavy atom. The number of rotatable bonds is 7. The van der Waals surface area contributed by atoms with Gasteiger partial charge in [0.25, 0.3) is 11.6 Å². The molecule has 1 heterocycles. The monoisotopic (exact) mass is 429 g/mol. The molecule has 1 saturated heterocycles. The van der Waals surface area contributed by atoms with Crippen molar-refractivity contribution in [1.29, 1.82) is 0 Å².